The van der Waals surface area contributed by atoms with Gasteiger partial charge in [-0.05, 0) is 48.7 Å². The molecule has 0 aliphatic heterocycles. The van der Waals surface area contributed by atoms with Crippen LogP contribution in [0.2, 0.25) is 0 Å². The predicted octanol–water partition coefficient (Wildman–Crippen LogP) is 2.98. The van der Waals surface area contributed by atoms with E-state index >= 15 is 0 Å². The van der Waals surface area contributed by atoms with Crippen LogP contribution in [0.25, 0.3) is 22.1 Å². The number of hydrogen-bond donors (Lipinski definition) is 0. The van der Waals surface area contributed by atoms with Crippen LogP contribution in [0.15, 0.2) is 41.2 Å². The second-order valence-corrected chi connectivity index (χ2v) is 6.93. The summed E-state index contributed by atoms with van der Waals surface area (Å²) in [6.45, 7) is 4.02. The van der Waals surface area contributed by atoms with E-state index in [2.05, 4.69) is 4.98 Å². The van der Waals surface area contributed by atoms with Crippen molar-refractivity contribution in [2.45, 2.75) is 13.8 Å². The average Bonchev–Trinajstić information content (AvgIpc) is 3.05. The molecular formula is C18H13N3O3S. The van der Waals surface area contributed by atoms with Crippen LogP contribution in [0.5, 0.6) is 0 Å². The molecule has 0 atom stereocenters. The highest BCUT2D eigenvalue weighted by Gasteiger charge is 2.12. The van der Waals surface area contributed by atoms with Crippen molar-refractivity contribution in [1.82, 2.24) is 9.38 Å². The number of benzene rings is 2. The van der Waals surface area contributed by atoms with Crippen LogP contribution in [0.4, 0.5) is 5.69 Å². The van der Waals surface area contributed by atoms with Crippen LogP contribution < -0.4 is 10.1 Å². The highest BCUT2D eigenvalue weighted by atomic mass is 32.1. The zero-order valence-corrected chi connectivity index (χ0v) is 14.3. The standard InChI is InChI=1S/C18H13N3O3S/c1-10-6-14-15(7-11(10)2)20-17(22)16(25-18(20)19-14)9-12-4-3-5-13(8-12)21(23)24/h3-9H,1-2H3/b16-9+. The van der Waals surface area contributed by atoms with Crippen LogP contribution in [-0.2, 0) is 0 Å². The summed E-state index contributed by atoms with van der Waals surface area (Å²) in [7, 11) is 0. The summed E-state index contributed by atoms with van der Waals surface area (Å²) in [5, 5.41) is 10.9. The van der Waals surface area contributed by atoms with Crippen molar-refractivity contribution in [1.29, 1.82) is 0 Å². The van der Waals surface area contributed by atoms with Gasteiger partial charge >= 0.3 is 0 Å². The van der Waals surface area contributed by atoms with Gasteiger partial charge in [0.25, 0.3) is 11.2 Å². The number of nitro benzene ring substituents is 1. The quantitative estimate of drug-likeness (QED) is 0.411. The normalized spacial score (nSPS) is 12.3. The lowest BCUT2D eigenvalue weighted by molar-refractivity contribution is -0.384. The predicted molar refractivity (Wildman–Crippen MR) is 98.2 cm³/mol. The number of rotatable bonds is 2. The number of thiazole rings is 1. The van der Waals surface area contributed by atoms with Gasteiger partial charge in [-0.15, -0.1) is 0 Å². The molecule has 6 nitrogen and oxygen atoms in total. The van der Waals surface area contributed by atoms with E-state index in [1.54, 1.807) is 22.6 Å². The van der Waals surface area contributed by atoms with Crippen molar-refractivity contribution >= 4 is 39.1 Å². The lowest BCUT2D eigenvalue weighted by Gasteiger charge is -1.98. The number of aromatic nitrogens is 2. The van der Waals surface area contributed by atoms with Gasteiger partial charge in [-0.2, -0.15) is 0 Å². The molecule has 0 amide bonds. The molecular weight excluding hydrogens is 338 g/mol. The van der Waals surface area contributed by atoms with E-state index in [1.807, 2.05) is 26.0 Å². The molecule has 0 aliphatic rings. The van der Waals surface area contributed by atoms with Crippen molar-refractivity contribution in [2.75, 3.05) is 0 Å². The van der Waals surface area contributed by atoms with Crippen LogP contribution in [-0.4, -0.2) is 14.3 Å². The monoisotopic (exact) mass is 351 g/mol. The second kappa shape index (κ2) is 5.49. The number of aryl methyl sites for hydroxylation is 2. The third kappa shape index (κ3) is 2.49. The van der Waals surface area contributed by atoms with Gasteiger partial charge in [0.1, 0.15) is 0 Å². The number of non-ortho nitro benzene ring substituents is 1. The maximum Gasteiger partial charge on any atom is 0.274 e. The van der Waals surface area contributed by atoms with Crippen molar-refractivity contribution in [3.63, 3.8) is 0 Å². The van der Waals surface area contributed by atoms with Crippen LogP contribution in [0.1, 0.15) is 16.7 Å². The van der Waals surface area contributed by atoms with Crippen molar-refractivity contribution in [3.8, 4) is 0 Å². The SMILES string of the molecule is Cc1cc2nc3s/c(=C/c4cccc([N+](=O)[O-])c4)c(=O)n3c2cc1C. The number of imidazole rings is 1. The van der Waals surface area contributed by atoms with Gasteiger partial charge in [0.15, 0.2) is 4.96 Å². The summed E-state index contributed by atoms with van der Waals surface area (Å²) in [6.07, 6.45) is 1.67. The summed E-state index contributed by atoms with van der Waals surface area (Å²) in [5.41, 5.74) is 4.29. The Kier molecular flexibility index (Phi) is 3.40. The number of nitro groups is 1. The average molecular weight is 351 g/mol. The Morgan fingerprint density at radius 1 is 1.20 bits per heavy atom. The van der Waals surface area contributed by atoms with E-state index in [9.17, 15) is 14.9 Å². The van der Waals surface area contributed by atoms with Crippen LogP contribution in [0, 0.1) is 24.0 Å². The lowest BCUT2D eigenvalue weighted by atomic mass is 10.1. The Hall–Kier alpha value is -3.06. The third-order valence-corrected chi connectivity index (χ3v) is 5.20. The summed E-state index contributed by atoms with van der Waals surface area (Å²) in [4.78, 5) is 28.4. The first-order chi connectivity index (χ1) is 11.9. The Morgan fingerprint density at radius 3 is 2.72 bits per heavy atom. The molecule has 2 aromatic carbocycles. The molecule has 0 spiro atoms. The molecule has 0 saturated carbocycles. The minimum atomic E-state index is -0.449. The Balaban J connectivity index is 1.96. The second-order valence-electron chi connectivity index (χ2n) is 5.92. The molecule has 25 heavy (non-hydrogen) atoms. The Labute approximate surface area is 145 Å². The van der Waals surface area contributed by atoms with E-state index in [-0.39, 0.29) is 11.2 Å². The molecule has 4 aromatic rings. The summed E-state index contributed by atoms with van der Waals surface area (Å²) < 4.78 is 2.11. The van der Waals surface area contributed by atoms with Gasteiger partial charge in [-0.1, -0.05) is 23.5 Å². The Morgan fingerprint density at radius 2 is 1.96 bits per heavy atom. The van der Waals surface area contributed by atoms with Gasteiger partial charge in [-0.3, -0.25) is 14.9 Å². The molecule has 0 saturated heterocycles. The minimum Gasteiger partial charge on any atom is -0.267 e. The zero-order valence-electron chi connectivity index (χ0n) is 13.5. The van der Waals surface area contributed by atoms with Gasteiger partial charge in [0.2, 0.25) is 0 Å². The fourth-order valence-corrected chi connectivity index (χ4v) is 3.78. The van der Waals surface area contributed by atoms with E-state index in [0.717, 1.165) is 22.2 Å². The van der Waals surface area contributed by atoms with Crippen molar-refractivity contribution in [3.05, 3.63) is 78.1 Å². The van der Waals surface area contributed by atoms with E-state index in [4.69, 9.17) is 0 Å². The summed E-state index contributed by atoms with van der Waals surface area (Å²) in [6, 6.07) is 10.2. The molecule has 0 aliphatic carbocycles. The molecule has 7 heteroatoms. The molecule has 2 heterocycles. The molecule has 2 aromatic heterocycles. The topological polar surface area (TPSA) is 77.5 Å². The van der Waals surface area contributed by atoms with Crippen molar-refractivity contribution < 1.29 is 4.92 Å². The molecule has 0 unspecified atom stereocenters. The fourth-order valence-electron chi connectivity index (χ4n) is 2.80. The number of fused-ring (bicyclic) bond motifs is 3. The highest BCUT2D eigenvalue weighted by Crippen LogP contribution is 2.21. The van der Waals surface area contributed by atoms with Gasteiger partial charge in [-0.25, -0.2) is 9.38 Å². The first-order valence-corrected chi connectivity index (χ1v) is 8.44. The molecule has 0 bridgehead atoms. The maximum absolute atomic E-state index is 12.8. The van der Waals surface area contributed by atoms with E-state index in [0.29, 0.717) is 15.1 Å². The first kappa shape index (κ1) is 15.5. The molecule has 124 valence electrons. The fraction of sp³-hybridized carbons (Fsp3) is 0.111. The largest absolute Gasteiger partial charge is 0.274 e. The van der Waals surface area contributed by atoms with Gasteiger partial charge in [0, 0.05) is 12.1 Å². The van der Waals surface area contributed by atoms with Gasteiger partial charge in [0.05, 0.1) is 20.5 Å². The number of hydrogen-bond acceptors (Lipinski definition) is 5. The minimum absolute atomic E-state index is 0.000850. The molecule has 4 rings (SSSR count). The van der Waals surface area contributed by atoms with Crippen LogP contribution >= 0.6 is 11.3 Å². The molecule has 0 fully saturated rings. The maximum atomic E-state index is 12.8. The highest BCUT2D eigenvalue weighted by molar-refractivity contribution is 7.15. The van der Waals surface area contributed by atoms with Crippen LogP contribution in [0.3, 0.4) is 0 Å². The summed E-state index contributed by atoms with van der Waals surface area (Å²) >= 11 is 1.28. The lowest BCUT2D eigenvalue weighted by Crippen LogP contribution is -2.22. The van der Waals surface area contributed by atoms with E-state index < -0.39 is 4.92 Å². The smallest absolute Gasteiger partial charge is 0.267 e. The third-order valence-electron chi connectivity index (χ3n) is 4.23. The number of nitrogens with zero attached hydrogens (tertiary/aromatic N) is 3. The molecule has 0 N–H and O–H groups in total. The van der Waals surface area contributed by atoms with Gasteiger partial charge < -0.3 is 0 Å². The van der Waals surface area contributed by atoms with E-state index in [1.165, 1.54) is 23.5 Å². The van der Waals surface area contributed by atoms with Crippen molar-refractivity contribution in [2.24, 2.45) is 0 Å². The zero-order chi connectivity index (χ0) is 17.7. The summed E-state index contributed by atoms with van der Waals surface area (Å²) in [5.74, 6) is 0. The first-order valence-electron chi connectivity index (χ1n) is 7.62. The Bertz CT molecular complexity index is 1270. The molecule has 0 radical (unpaired) electrons.